The molecule has 0 saturated carbocycles. The molecule has 0 radical (unpaired) electrons. The third kappa shape index (κ3) is 52.4. The molecule has 0 aliphatic carbocycles. The first-order chi connectivity index (χ1) is 18.2. The number of hydrogen-bond donors (Lipinski definition) is 2. The van der Waals surface area contributed by atoms with Gasteiger partial charge in [-0.1, -0.05) is 20.8 Å². The van der Waals surface area contributed by atoms with Crippen LogP contribution in [0.4, 0.5) is 0 Å². The maximum atomic E-state index is 10.6. The van der Waals surface area contributed by atoms with E-state index in [9.17, 15) is 47.7 Å². The van der Waals surface area contributed by atoms with Crippen LogP contribution in [0.3, 0.4) is 0 Å². The fourth-order valence-corrected chi connectivity index (χ4v) is 4.78. The zero-order chi connectivity index (χ0) is 32.0. The van der Waals surface area contributed by atoms with Crippen LogP contribution < -0.4 is 118 Å². The summed E-state index contributed by atoms with van der Waals surface area (Å²) < 4.78 is 131. The summed E-state index contributed by atoms with van der Waals surface area (Å²) in [5.41, 5.74) is 0. The molecule has 44 heavy (non-hydrogen) atoms. The second kappa shape index (κ2) is 36.4. The molecule has 0 aromatic rings. The molecule has 5 unspecified atom stereocenters. The number of aliphatic hydroxyl groups is 2. The Kier molecular flexibility index (Phi) is 51.9. The monoisotopic (exact) mass is 760 g/mol. The summed E-state index contributed by atoms with van der Waals surface area (Å²) in [5.74, 6) is -1.43. The van der Waals surface area contributed by atoms with Crippen molar-refractivity contribution in [2.45, 2.75) is 70.0 Å². The van der Waals surface area contributed by atoms with Crippen molar-refractivity contribution in [1.29, 1.82) is 0 Å². The minimum absolute atomic E-state index is 0. The molecular weight excluding hydrogens is 720 g/mol. The number of ether oxygens (including phenoxy) is 3. The van der Waals surface area contributed by atoms with Crippen molar-refractivity contribution < 1.29 is 195 Å². The normalized spacial score (nSPS) is 14.5. The van der Waals surface area contributed by atoms with E-state index in [0.29, 0.717) is 19.3 Å². The van der Waals surface area contributed by atoms with Gasteiger partial charge in [-0.3, -0.25) is 8.39 Å². The van der Waals surface area contributed by atoms with Gasteiger partial charge in [-0.2, -0.15) is 0 Å². The maximum absolute atomic E-state index is 10.6. The van der Waals surface area contributed by atoms with Gasteiger partial charge in [-0.15, -0.1) is 0 Å². The van der Waals surface area contributed by atoms with Crippen LogP contribution in [0.1, 0.15) is 46.5 Å². The van der Waals surface area contributed by atoms with Crippen molar-refractivity contribution >= 4 is 41.7 Å². The van der Waals surface area contributed by atoms with Crippen molar-refractivity contribution in [2.24, 2.45) is 0 Å². The summed E-state index contributed by atoms with van der Waals surface area (Å²) in [6.07, 6.45) is -0.265. The van der Waals surface area contributed by atoms with Gasteiger partial charge in [-0.05, 0) is 36.8 Å². The Morgan fingerprint density at radius 2 is 1.18 bits per heavy atom. The zero-order valence-corrected chi connectivity index (χ0v) is 38.0. The standard InChI is InChI=1S/C7H16O7S2.C7H16O5S.C5H12O5S.4Na/c1-2-6(8)3-14-4-7(15(9)10)5-16(11,12)13;1-2-7(8)6-12-4-3-5-13(9,10)11;1-3-5(4-9-2)10-11(6,7)8;;;;/h6-8H,2-5H2,1H3,(H,9,10)(H,11,12,13);7-8H,2-6H2,1H3,(H,9,10,11);5H,3-4H2,1-2H3,(H,6,7,8);;;;/q;;;4*+1/p-4. The van der Waals surface area contributed by atoms with Crippen LogP contribution >= 0.6 is 0 Å². The summed E-state index contributed by atoms with van der Waals surface area (Å²) in [7, 11) is -11.9. The number of aliphatic hydroxyl groups excluding tert-OH is 2. The SMILES string of the molecule is CCC(COC)OS(=O)(=O)[O-].CCC(O)COCC(CS(=O)(=O)[O-])S(=O)[O-].CCC(O)COCCCS(=O)(=O)[O-].[Na+].[Na+].[Na+].[Na+]. The van der Waals surface area contributed by atoms with Crippen LogP contribution in [0, 0.1) is 0 Å². The van der Waals surface area contributed by atoms with E-state index >= 15 is 0 Å². The average molecular weight is 761 g/mol. The van der Waals surface area contributed by atoms with Gasteiger partial charge in [0, 0.05) is 19.5 Å². The molecule has 246 valence electrons. The van der Waals surface area contributed by atoms with Gasteiger partial charge >= 0.3 is 118 Å². The molecule has 17 nitrogen and oxygen atoms in total. The van der Waals surface area contributed by atoms with E-state index in [-0.39, 0.29) is 151 Å². The van der Waals surface area contributed by atoms with Crippen molar-refractivity contribution in [3.05, 3.63) is 0 Å². The topological polar surface area (TPSA) is 289 Å². The van der Waals surface area contributed by atoms with Crippen LogP contribution in [-0.2, 0) is 60.1 Å². The first kappa shape index (κ1) is 62.7. The molecular formula is C19H40Na4O17S4. The van der Waals surface area contributed by atoms with E-state index in [4.69, 9.17) is 19.7 Å². The Bertz CT molecular complexity index is 973. The van der Waals surface area contributed by atoms with Gasteiger partial charge < -0.3 is 42.6 Å². The molecule has 0 fully saturated rings. The number of methoxy groups -OCH3 is 1. The first-order valence-corrected chi connectivity index (χ1v) is 17.4. The van der Waals surface area contributed by atoms with E-state index < -0.39 is 83.4 Å². The fraction of sp³-hybridized carbons (Fsp3) is 1.00. The molecule has 0 aliphatic rings. The van der Waals surface area contributed by atoms with Crippen molar-refractivity contribution in [2.75, 3.05) is 51.6 Å². The number of hydrogen-bond acceptors (Lipinski definition) is 17. The van der Waals surface area contributed by atoms with Crippen LogP contribution in [0.2, 0.25) is 0 Å². The predicted molar refractivity (Wildman–Crippen MR) is 137 cm³/mol. The second-order valence-electron chi connectivity index (χ2n) is 7.95. The average Bonchev–Trinajstić information content (AvgIpc) is 2.81. The van der Waals surface area contributed by atoms with Crippen LogP contribution in [0.5, 0.6) is 0 Å². The molecule has 0 spiro atoms. The Hall–Kier alpha value is 3.60. The van der Waals surface area contributed by atoms with Crippen LogP contribution in [0.25, 0.3) is 0 Å². The molecule has 0 saturated heterocycles. The van der Waals surface area contributed by atoms with Crippen LogP contribution in [-0.4, -0.2) is 133 Å². The van der Waals surface area contributed by atoms with Gasteiger partial charge in [0.1, 0.15) is 0 Å². The molecule has 0 aliphatic heterocycles. The van der Waals surface area contributed by atoms with Gasteiger partial charge in [0.05, 0.1) is 76.0 Å². The third-order valence-electron chi connectivity index (χ3n) is 4.27. The van der Waals surface area contributed by atoms with Gasteiger partial charge in [-0.25, -0.2) is 25.3 Å². The van der Waals surface area contributed by atoms with E-state index in [0.717, 1.165) is 0 Å². The molecule has 25 heteroatoms. The summed E-state index contributed by atoms with van der Waals surface area (Å²) in [6, 6.07) is 0. The van der Waals surface area contributed by atoms with Gasteiger partial charge in [0.25, 0.3) is 0 Å². The Morgan fingerprint density at radius 3 is 1.50 bits per heavy atom. The first-order valence-electron chi connectivity index (χ1n) is 11.8. The van der Waals surface area contributed by atoms with E-state index in [1.165, 1.54) is 7.11 Å². The summed E-state index contributed by atoms with van der Waals surface area (Å²) in [4.78, 5) is 0. The van der Waals surface area contributed by atoms with E-state index in [1.807, 2.05) is 6.92 Å². The van der Waals surface area contributed by atoms with Crippen molar-refractivity contribution in [3.8, 4) is 0 Å². The largest absolute Gasteiger partial charge is 1.00 e. The van der Waals surface area contributed by atoms with Crippen molar-refractivity contribution in [3.63, 3.8) is 0 Å². The maximum Gasteiger partial charge on any atom is 1.00 e. The Balaban J connectivity index is -0.0000000907. The second-order valence-corrected chi connectivity index (χ2v) is 13.1. The molecule has 2 N–H and O–H groups in total. The van der Waals surface area contributed by atoms with Crippen molar-refractivity contribution in [1.82, 2.24) is 0 Å². The smallest absolute Gasteiger partial charge is 0.772 e. The Morgan fingerprint density at radius 1 is 0.727 bits per heavy atom. The molecule has 0 heterocycles. The molecule has 5 atom stereocenters. The summed E-state index contributed by atoms with van der Waals surface area (Å²) in [5, 5.41) is 16.7. The van der Waals surface area contributed by atoms with E-state index in [2.05, 4.69) is 8.92 Å². The summed E-state index contributed by atoms with van der Waals surface area (Å²) in [6.45, 7) is 5.20. The zero-order valence-electron chi connectivity index (χ0n) is 26.7. The molecule has 0 aromatic heterocycles. The quantitative estimate of drug-likeness (QED) is 0.0383. The van der Waals surface area contributed by atoms with Crippen LogP contribution in [0.15, 0.2) is 0 Å². The fourth-order valence-electron chi connectivity index (χ4n) is 2.08. The third-order valence-corrected chi connectivity index (χ3v) is 7.44. The summed E-state index contributed by atoms with van der Waals surface area (Å²) >= 11 is -2.70. The number of rotatable bonds is 20. The molecule has 0 aromatic carbocycles. The predicted octanol–water partition coefficient (Wildman–Crippen LogP) is -13.8. The molecule has 0 rings (SSSR count). The van der Waals surface area contributed by atoms with E-state index in [1.54, 1.807) is 13.8 Å². The van der Waals surface area contributed by atoms with Gasteiger partial charge in [0.2, 0.25) is 10.4 Å². The minimum Gasteiger partial charge on any atom is -0.772 e. The Labute approximate surface area is 352 Å². The van der Waals surface area contributed by atoms with Gasteiger partial charge in [0.15, 0.2) is 0 Å². The molecule has 0 amide bonds. The molecule has 0 bridgehead atoms. The minimum atomic E-state index is -4.61.